The molecular formula is C13H19N5O3. The molecule has 0 unspecified atom stereocenters. The number of hydrogen-bond donors (Lipinski definition) is 1. The molecule has 1 amide bonds. The number of anilines is 1. The number of nitrogens with zero attached hydrogens (tertiary/aromatic N) is 4. The molecule has 8 nitrogen and oxygen atoms in total. The van der Waals surface area contributed by atoms with Gasteiger partial charge in [-0.1, -0.05) is 0 Å². The average molecular weight is 293 g/mol. The molecule has 0 atom stereocenters. The summed E-state index contributed by atoms with van der Waals surface area (Å²) in [5, 5.41) is 11.0. The Morgan fingerprint density at radius 3 is 2.52 bits per heavy atom. The Hall–Kier alpha value is -2.22. The number of carbonyl (C=O) groups is 1. The van der Waals surface area contributed by atoms with Crippen LogP contribution >= 0.6 is 0 Å². The molecule has 0 aliphatic carbocycles. The van der Waals surface area contributed by atoms with E-state index in [1.165, 1.54) is 12.3 Å². The van der Waals surface area contributed by atoms with Crippen molar-refractivity contribution in [3.63, 3.8) is 0 Å². The van der Waals surface area contributed by atoms with E-state index >= 15 is 0 Å². The summed E-state index contributed by atoms with van der Waals surface area (Å²) in [6.45, 7) is 5.30. The standard InChI is InChI=1S/C13H19N5O3/c1-13(2,14)12(19)17-8-6-16(7-9-17)11-10(18(20)21)4-3-5-15-11/h3-5H,6-9,14H2,1-2H3. The van der Waals surface area contributed by atoms with Gasteiger partial charge in [0.05, 0.1) is 10.5 Å². The lowest BCUT2D eigenvalue weighted by atomic mass is 10.0. The topological polar surface area (TPSA) is 106 Å². The maximum absolute atomic E-state index is 12.1. The highest BCUT2D eigenvalue weighted by atomic mass is 16.6. The lowest BCUT2D eigenvalue weighted by Crippen LogP contribution is -2.57. The van der Waals surface area contributed by atoms with Crippen LogP contribution < -0.4 is 10.6 Å². The summed E-state index contributed by atoms with van der Waals surface area (Å²) in [4.78, 5) is 30.3. The molecule has 2 rings (SSSR count). The fourth-order valence-electron chi connectivity index (χ4n) is 2.30. The van der Waals surface area contributed by atoms with Crippen LogP contribution in [0, 0.1) is 10.1 Å². The minimum Gasteiger partial charge on any atom is -0.347 e. The van der Waals surface area contributed by atoms with Gasteiger partial charge in [-0.3, -0.25) is 14.9 Å². The molecule has 2 N–H and O–H groups in total. The Bertz CT molecular complexity index is 547. The van der Waals surface area contributed by atoms with Gasteiger partial charge in [-0.25, -0.2) is 4.98 Å². The predicted octanol–water partition coefficient (Wildman–Crippen LogP) is 0.376. The molecule has 0 bridgehead atoms. The molecule has 1 aromatic rings. The van der Waals surface area contributed by atoms with Gasteiger partial charge in [-0.05, 0) is 19.9 Å². The van der Waals surface area contributed by atoms with Crippen molar-refractivity contribution in [3.05, 3.63) is 28.4 Å². The van der Waals surface area contributed by atoms with Crippen molar-refractivity contribution in [1.82, 2.24) is 9.88 Å². The fraction of sp³-hybridized carbons (Fsp3) is 0.538. The molecule has 21 heavy (non-hydrogen) atoms. The Morgan fingerprint density at radius 2 is 2.00 bits per heavy atom. The first-order chi connectivity index (χ1) is 9.80. The van der Waals surface area contributed by atoms with Gasteiger partial charge in [0, 0.05) is 38.4 Å². The van der Waals surface area contributed by atoms with Crippen LogP contribution in [0.25, 0.3) is 0 Å². The highest BCUT2D eigenvalue weighted by Gasteiger charge is 2.31. The quantitative estimate of drug-likeness (QED) is 0.638. The van der Waals surface area contributed by atoms with Gasteiger partial charge < -0.3 is 15.5 Å². The molecule has 1 aliphatic heterocycles. The van der Waals surface area contributed by atoms with E-state index in [-0.39, 0.29) is 11.6 Å². The zero-order chi connectivity index (χ0) is 15.6. The Balaban J connectivity index is 2.09. The third-order valence-corrected chi connectivity index (χ3v) is 3.38. The van der Waals surface area contributed by atoms with E-state index in [0.29, 0.717) is 32.0 Å². The van der Waals surface area contributed by atoms with Crippen molar-refractivity contribution < 1.29 is 9.72 Å². The van der Waals surface area contributed by atoms with Gasteiger partial charge >= 0.3 is 5.69 Å². The Morgan fingerprint density at radius 1 is 1.38 bits per heavy atom. The third-order valence-electron chi connectivity index (χ3n) is 3.38. The van der Waals surface area contributed by atoms with E-state index in [1.807, 2.05) is 4.90 Å². The van der Waals surface area contributed by atoms with Crippen molar-refractivity contribution in [2.24, 2.45) is 5.73 Å². The second kappa shape index (κ2) is 5.65. The minimum absolute atomic E-state index is 0.0172. The summed E-state index contributed by atoms with van der Waals surface area (Å²) in [5.74, 6) is 0.235. The van der Waals surface area contributed by atoms with Crippen LogP contribution in [-0.2, 0) is 4.79 Å². The van der Waals surface area contributed by atoms with Crippen molar-refractivity contribution in [1.29, 1.82) is 0 Å². The molecule has 0 saturated carbocycles. The first kappa shape index (κ1) is 15.2. The van der Waals surface area contributed by atoms with E-state index in [2.05, 4.69) is 4.98 Å². The number of amides is 1. The molecule has 0 spiro atoms. The predicted molar refractivity (Wildman–Crippen MR) is 78.0 cm³/mol. The second-order valence-electron chi connectivity index (χ2n) is 5.60. The minimum atomic E-state index is -0.904. The van der Waals surface area contributed by atoms with Crippen LogP contribution in [0.1, 0.15) is 13.8 Å². The van der Waals surface area contributed by atoms with Crippen LogP contribution in [0.3, 0.4) is 0 Å². The summed E-state index contributed by atoms with van der Waals surface area (Å²) in [6, 6.07) is 2.97. The van der Waals surface area contributed by atoms with Crippen molar-refractivity contribution in [3.8, 4) is 0 Å². The lowest BCUT2D eigenvalue weighted by Gasteiger charge is -2.37. The van der Waals surface area contributed by atoms with Gasteiger partial charge in [-0.15, -0.1) is 0 Å². The number of piperazine rings is 1. The normalized spacial score (nSPS) is 16.0. The molecule has 0 aromatic carbocycles. The zero-order valence-electron chi connectivity index (χ0n) is 12.2. The van der Waals surface area contributed by atoms with Crippen LogP contribution in [0.5, 0.6) is 0 Å². The summed E-state index contributed by atoms with van der Waals surface area (Å²) in [6.07, 6.45) is 1.53. The van der Waals surface area contributed by atoms with Crippen LogP contribution in [0.4, 0.5) is 11.5 Å². The number of carbonyl (C=O) groups excluding carboxylic acids is 1. The van der Waals surface area contributed by atoms with Crippen molar-refractivity contribution in [2.75, 3.05) is 31.1 Å². The summed E-state index contributed by atoms with van der Waals surface area (Å²) < 4.78 is 0. The van der Waals surface area contributed by atoms with Crippen LogP contribution in [-0.4, -0.2) is 52.4 Å². The smallest absolute Gasteiger partial charge is 0.311 e. The Labute approximate surface area is 122 Å². The number of aromatic nitrogens is 1. The van der Waals surface area contributed by atoms with E-state index < -0.39 is 10.5 Å². The van der Waals surface area contributed by atoms with E-state index in [1.54, 1.807) is 24.8 Å². The van der Waals surface area contributed by atoms with Gasteiger partial charge in [0.25, 0.3) is 0 Å². The van der Waals surface area contributed by atoms with Crippen LogP contribution in [0.15, 0.2) is 18.3 Å². The number of nitrogens with two attached hydrogens (primary N) is 1. The molecule has 114 valence electrons. The average Bonchev–Trinajstić information content (AvgIpc) is 2.45. The van der Waals surface area contributed by atoms with Crippen molar-refractivity contribution >= 4 is 17.4 Å². The highest BCUT2D eigenvalue weighted by Crippen LogP contribution is 2.25. The number of pyridine rings is 1. The Kier molecular flexibility index (Phi) is 4.08. The molecule has 1 aliphatic rings. The van der Waals surface area contributed by atoms with Crippen molar-refractivity contribution in [2.45, 2.75) is 19.4 Å². The van der Waals surface area contributed by atoms with Gasteiger partial charge in [0.2, 0.25) is 11.7 Å². The van der Waals surface area contributed by atoms with E-state index in [4.69, 9.17) is 5.73 Å². The number of hydrogen-bond acceptors (Lipinski definition) is 6. The molecular weight excluding hydrogens is 274 g/mol. The SMILES string of the molecule is CC(C)(N)C(=O)N1CCN(c2ncccc2[N+](=O)[O-])CC1. The maximum atomic E-state index is 12.1. The van der Waals surface area contributed by atoms with Gasteiger partial charge in [0.15, 0.2) is 0 Å². The molecule has 1 saturated heterocycles. The largest absolute Gasteiger partial charge is 0.347 e. The molecule has 0 radical (unpaired) electrons. The monoisotopic (exact) mass is 293 g/mol. The van der Waals surface area contributed by atoms with Crippen LogP contribution in [0.2, 0.25) is 0 Å². The molecule has 2 heterocycles. The first-order valence-electron chi connectivity index (χ1n) is 6.73. The third kappa shape index (κ3) is 3.27. The van der Waals surface area contributed by atoms with E-state index in [9.17, 15) is 14.9 Å². The molecule has 1 fully saturated rings. The number of rotatable bonds is 3. The van der Waals surface area contributed by atoms with Gasteiger partial charge in [-0.2, -0.15) is 0 Å². The summed E-state index contributed by atoms with van der Waals surface area (Å²) in [5.41, 5.74) is 4.89. The maximum Gasteiger partial charge on any atom is 0.311 e. The molecule has 1 aromatic heterocycles. The van der Waals surface area contributed by atoms with Gasteiger partial charge in [0.1, 0.15) is 0 Å². The summed E-state index contributed by atoms with van der Waals surface area (Å²) >= 11 is 0. The van der Waals surface area contributed by atoms with E-state index in [0.717, 1.165) is 0 Å². The highest BCUT2D eigenvalue weighted by molar-refractivity contribution is 5.85. The summed E-state index contributed by atoms with van der Waals surface area (Å²) in [7, 11) is 0. The second-order valence-corrected chi connectivity index (χ2v) is 5.60. The number of nitro groups is 1. The fourth-order valence-corrected chi connectivity index (χ4v) is 2.30. The first-order valence-corrected chi connectivity index (χ1v) is 6.73. The zero-order valence-corrected chi connectivity index (χ0v) is 12.2. The lowest BCUT2D eigenvalue weighted by molar-refractivity contribution is -0.384. The molecule has 8 heteroatoms.